The summed E-state index contributed by atoms with van der Waals surface area (Å²) in [4.78, 5) is 0. The summed E-state index contributed by atoms with van der Waals surface area (Å²) < 4.78 is 0. The highest BCUT2D eigenvalue weighted by atomic mass is 13.4. The van der Waals surface area contributed by atoms with E-state index in [1.54, 1.807) is 12.2 Å². The molecular weight excluding hydrogens is 84.1 g/mol. The molecule has 0 saturated heterocycles. The molecule has 0 amide bonds. The fourth-order valence-electron chi connectivity index (χ4n) is 0. The van der Waals surface area contributed by atoms with Crippen LogP contribution in [0.2, 0.25) is 0 Å². The minimum Gasteiger partial charge on any atom is -0.106 e. The third-order valence-electron chi connectivity index (χ3n) is 0.167. The topological polar surface area (TPSA) is 0 Å². The molecule has 0 unspecified atom stereocenters. The van der Waals surface area contributed by atoms with Crippen LogP contribution < -0.4 is 0 Å². The van der Waals surface area contributed by atoms with Crippen molar-refractivity contribution in [3.8, 4) is 0 Å². The lowest BCUT2D eigenvalue weighted by atomic mass is 10.6. The molecule has 0 aromatic rings. The smallest absolute Gasteiger partial charge is 0.0701 e. The Morgan fingerprint density at radius 2 is 1.00 bits per heavy atom. The Hall–Kier alpha value is -0.780. The lowest BCUT2D eigenvalue weighted by Gasteiger charge is -1.44. The van der Waals surface area contributed by atoms with Crippen LogP contribution in [-0.2, 0) is 0 Å². The number of hydrogen-bond acceptors (Lipinski definition) is 0. The fourth-order valence-corrected chi connectivity index (χ4v) is 0. The first kappa shape index (κ1) is 16.3. The summed E-state index contributed by atoms with van der Waals surface area (Å²) in [6, 6.07) is 0. The van der Waals surface area contributed by atoms with E-state index in [-0.39, 0.29) is 7.43 Å². The quantitative estimate of drug-likeness (QED) is 0.349. The Balaban J connectivity index is -0.0000000480. The zero-order valence-electron chi connectivity index (χ0n) is 3.98. The van der Waals surface area contributed by atoms with E-state index in [9.17, 15) is 0 Å². The maximum Gasteiger partial charge on any atom is -0.0701 e. The van der Waals surface area contributed by atoms with Crippen molar-refractivity contribution in [1.29, 1.82) is 0 Å². The first-order valence-electron chi connectivity index (χ1n) is 1.65. The van der Waals surface area contributed by atoms with Crippen LogP contribution >= 0.6 is 0 Å². The summed E-state index contributed by atoms with van der Waals surface area (Å²) in [5.41, 5.74) is 0. The van der Waals surface area contributed by atoms with E-state index < -0.39 is 0 Å². The highest BCUT2D eigenvalue weighted by Gasteiger charge is 1.29. The van der Waals surface area contributed by atoms with Gasteiger partial charge in [-0.15, -0.1) is 13.2 Å². The van der Waals surface area contributed by atoms with Crippen LogP contribution in [-0.4, -0.2) is 0 Å². The lowest BCUT2D eigenvalue weighted by molar-refractivity contribution is 2.15. The van der Waals surface area contributed by atoms with Crippen molar-refractivity contribution in [1.82, 2.24) is 0 Å². The van der Waals surface area contributed by atoms with Crippen molar-refractivity contribution in [2.75, 3.05) is 0 Å². The Morgan fingerprint density at radius 1 is 0.857 bits per heavy atom. The third-order valence-corrected chi connectivity index (χ3v) is 0.167. The third kappa shape index (κ3) is 1120. The average molecular weight is 98.2 g/mol. The molecule has 0 aliphatic carbocycles. The van der Waals surface area contributed by atoms with Crippen LogP contribution in [0, 0.1) is 0 Å². The van der Waals surface area contributed by atoms with Gasteiger partial charge >= 0.3 is 0 Å². The van der Waals surface area contributed by atoms with Gasteiger partial charge < -0.3 is 0 Å². The van der Waals surface area contributed by atoms with Crippen molar-refractivity contribution in [2.45, 2.75) is 7.43 Å². The molecule has 0 saturated carbocycles. The number of allylic oxidation sites excluding steroid dienone is 2. The highest BCUT2D eigenvalue weighted by molar-refractivity contribution is 4.88. The van der Waals surface area contributed by atoms with Gasteiger partial charge in [-0.05, 0) is 0 Å². The van der Waals surface area contributed by atoms with E-state index in [0.29, 0.717) is 0 Å². The predicted octanol–water partition coefficient (Wildman–Crippen LogP) is 2.80. The first-order chi connectivity index (χ1) is 2.91. The monoisotopic (exact) mass is 98.1 g/mol. The molecule has 0 nitrogen and oxygen atoms in total. The minimum atomic E-state index is 0. The summed E-state index contributed by atoms with van der Waals surface area (Å²) in [5, 5.41) is 0. The summed E-state index contributed by atoms with van der Waals surface area (Å²) in [7, 11) is 0. The standard InChI is InChI=1S/C4H6.C2H4.CH4/c1-3-4-2;1-2;/h3-4H,1-2H2;1-2H2;1H4. The Bertz CT molecular complexity index is 29.3. The van der Waals surface area contributed by atoms with Crippen LogP contribution in [0.3, 0.4) is 0 Å². The summed E-state index contributed by atoms with van der Waals surface area (Å²) >= 11 is 0. The lowest BCUT2D eigenvalue weighted by Crippen LogP contribution is -1.21. The molecule has 0 rings (SSSR count). The molecule has 0 aromatic carbocycles. The summed E-state index contributed by atoms with van der Waals surface area (Å²) in [6.45, 7) is 12.7. The van der Waals surface area contributed by atoms with Gasteiger partial charge in [-0.2, -0.15) is 0 Å². The first-order valence-corrected chi connectivity index (χ1v) is 1.65. The molecule has 0 atom stereocenters. The van der Waals surface area contributed by atoms with E-state index in [1.165, 1.54) is 0 Å². The van der Waals surface area contributed by atoms with Gasteiger partial charge in [0.25, 0.3) is 0 Å². The van der Waals surface area contributed by atoms with Gasteiger partial charge in [0, 0.05) is 0 Å². The van der Waals surface area contributed by atoms with Crippen LogP contribution in [0.5, 0.6) is 0 Å². The second-order valence-electron chi connectivity index (χ2n) is 0.471. The molecule has 0 aliphatic rings. The Morgan fingerprint density at radius 3 is 1.00 bits per heavy atom. The van der Waals surface area contributed by atoms with Crippen molar-refractivity contribution >= 4 is 0 Å². The molecule has 0 fully saturated rings. The van der Waals surface area contributed by atoms with Gasteiger partial charge in [0.2, 0.25) is 0 Å². The van der Waals surface area contributed by atoms with Gasteiger partial charge in [-0.3, -0.25) is 0 Å². The van der Waals surface area contributed by atoms with Crippen LogP contribution in [0.1, 0.15) is 7.43 Å². The van der Waals surface area contributed by atoms with Gasteiger partial charge in [-0.25, -0.2) is 0 Å². The number of hydrogen-bond donors (Lipinski definition) is 0. The highest BCUT2D eigenvalue weighted by Crippen LogP contribution is 1.52. The Kier molecular flexibility index (Phi) is 146. The maximum atomic E-state index is 3.36. The second kappa shape index (κ2) is 62.5. The molecule has 0 heterocycles. The second-order valence-corrected chi connectivity index (χ2v) is 0.471. The summed E-state index contributed by atoms with van der Waals surface area (Å²) in [5.74, 6) is 0. The van der Waals surface area contributed by atoms with E-state index in [2.05, 4.69) is 26.3 Å². The molecule has 0 N–H and O–H groups in total. The van der Waals surface area contributed by atoms with Gasteiger partial charge in [0.1, 0.15) is 0 Å². The minimum absolute atomic E-state index is 0. The molecule has 0 radical (unpaired) electrons. The van der Waals surface area contributed by atoms with Crippen LogP contribution in [0.15, 0.2) is 38.5 Å². The largest absolute Gasteiger partial charge is 0.106 e. The normalized spacial score (nSPS) is 3.43. The predicted molar refractivity (Wildman–Crippen MR) is 38.4 cm³/mol. The fraction of sp³-hybridized carbons (Fsp3) is 0.143. The van der Waals surface area contributed by atoms with Crippen molar-refractivity contribution in [3.63, 3.8) is 0 Å². The molecule has 42 valence electrons. The zero-order valence-corrected chi connectivity index (χ0v) is 3.98. The van der Waals surface area contributed by atoms with E-state index in [1.807, 2.05) is 0 Å². The van der Waals surface area contributed by atoms with Crippen molar-refractivity contribution in [3.05, 3.63) is 38.5 Å². The van der Waals surface area contributed by atoms with Crippen LogP contribution in [0.25, 0.3) is 0 Å². The van der Waals surface area contributed by atoms with Gasteiger partial charge in [0.15, 0.2) is 0 Å². The van der Waals surface area contributed by atoms with Crippen molar-refractivity contribution in [2.24, 2.45) is 0 Å². The van der Waals surface area contributed by atoms with E-state index >= 15 is 0 Å². The van der Waals surface area contributed by atoms with Crippen LogP contribution in [0.4, 0.5) is 0 Å². The SMILES string of the molecule is C.C=C.C=CC=C. The summed E-state index contributed by atoms with van der Waals surface area (Å²) in [6.07, 6.45) is 3.28. The molecule has 0 aliphatic heterocycles. The van der Waals surface area contributed by atoms with Crippen molar-refractivity contribution < 1.29 is 0 Å². The molecule has 0 aromatic heterocycles. The molecule has 0 spiro atoms. The van der Waals surface area contributed by atoms with Gasteiger partial charge in [0.05, 0.1) is 0 Å². The molecule has 0 bridgehead atoms. The average Bonchev–Trinajstić information content (AvgIpc) is 1.72. The van der Waals surface area contributed by atoms with E-state index in [4.69, 9.17) is 0 Å². The Labute approximate surface area is 46.9 Å². The zero-order chi connectivity index (χ0) is 5.41. The molecule has 0 heteroatoms. The number of rotatable bonds is 1. The molecule has 7 heavy (non-hydrogen) atoms. The van der Waals surface area contributed by atoms with Gasteiger partial charge in [-0.1, -0.05) is 32.7 Å². The maximum absolute atomic E-state index is 3.36. The van der Waals surface area contributed by atoms with E-state index in [0.717, 1.165) is 0 Å². The molecular formula is C7H14.